The van der Waals surface area contributed by atoms with Gasteiger partial charge in [-0.05, 0) is 25.6 Å². The Kier molecular flexibility index (Phi) is 11.1. The van der Waals surface area contributed by atoms with Gasteiger partial charge in [0.2, 0.25) is 0 Å². The minimum absolute atomic E-state index is 0. The average molecular weight is 325 g/mol. The molecule has 0 aliphatic carbocycles. The molecule has 0 saturated carbocycles. The molecule has 0 aromatic heterocycles. The molecule has 1 aliphatic heterocycles. The molecule has 1 aromatic rings. The van der Waals surface area contributed by atoms with Crippen LogP contribution in [0.1, 0.15) is 12.0 Å². The van der Waals surface area contributed by atoms with Gasteiger partial charge in [0.25, 0.3) is 0 Å². The summed E-state index contributed by atoms with van der Waals surface area (Å²) in [4.78, 5) is 2.41. The van der Waals surface area contributed by atoms with Crippen LogP contribution in [0.3, 0.4) is 0 Å². The fourth-order valence-corrected chi connectivity index (χ4v) is 2.12. The van der Waals surface area contributed by atoms with E-state index >= 15 is 0 Å². The molecule has 0 unspecified atom stereocenters. The summed E-state index contributed by atoms with van der Waals surface area (Å²) in [6.07, 6.45) is 1.09. The summed E-state index contributed by atoms with van der Waals surface area (Å²) in [5.74, 6) is -0.127. The first-order chi connectivity index (χ1) is 8.86. The topological polar surface area (TPSA) is 24.5 Å². The molecule has 0 atom stereocenters. The molecule has 6 heteroatoms. The van der Waals surface area contributed by atoms with Crippen molar-refractivity contribution in [1.29, 1.82) is 0 Å². The van der Waals surface area contributed by atoms with E-state index in [1.54, 1.807) is 6.07 Å². The normalized spacial score (nSPS) is 15.2. The fraction of sp³-hybridized carbons (Fsp3) is 0.571. The summed E-state index contributed by atoms with van der Waals surface area (Å²) in [5.41, 5.74) is 0.740. The van der Waals surface area contributed by atoms with E-state index in [2.05, 4.69) is 10.2 Å². The van der Waals surface area contributed by atoms with Crippen LogP contribution in [0.15, 0.2) is 24.3 Å². The number of hydrogen-bond acceptors (Lipinski definition) is 3. The summed E-state index contributed by atoms with van der Waals surface area (Å²) in [6.45, 7) is 6.39. The molecule has 1 aromatic carbocycles. The highest BCUT2D eigenvalue weighted by Gasteiger charge is 2.08. The summed E-state index contributed by atoms with van der Waals surface area (Å²) in [5, 5.41) is 3.28. The molecule has 1 heterocycles. The van der Waals surface area contributed by atoms with Crippen molar-refractivity contribution in [3.05, 3.63) is 35.6 Å². The minimum Gasteiger partial charge on any atom is -0.379 e. The second kappa shape index (κ2) is 11.3. The van der Waals surface area contributed by atoms with E-state index in [0.717, 1.165) is 51.4 Å². The van der Waals surface area contributed by atoms with Gasteiger partial charge in [-0.3, -0.25) is 4.90 Å². The molecule has 20 heavy (non-hydrogen) atoms. The number of nitrogens with zero attached hydrogens (tertiary/aromatic N) is 1. The van der Waals surface area contributed by atoms with Crippen LogP contribution in [0.2, 0.25) is 0 Å². The Morgan fingerprint density at radius 1 is 1.15 bits per heavy atom. The van der Waals surface area contributed by atoms with Crippen molar-refractivity contribution < 1.29 is 9.13 Å². The average Bonchev–Trinajstić information content (AvgIpc) is 2.42. The summed E-state index contributed by atoms with van der Waals surface area (Å²) < 4.78 is 18.6. The molecule has 0 amide bonds. The maximum atomic E-state index is 13.3. The smallest absolute Gasteiger partial charge is 0.127 e. The molecular formula is C14H23Cl2FN2O. The van der Waals surface area contributed by atoms with E-state index in [1.807, 2.05) is 12.1 Å². The number of hydrogen-bond donors (Lipinski definition) is 1. The van der Waals surface area contributed by atoms with Crippen LogP contribution in [-0.2, 0) is 11.3 Å². The number of ether oxygens (including phenoxy) is 1. The van der Waals surface area contributed by atoms with Gasteiger partial charge < -0.3 is 10.1 Å². The van der Waals surface area contributed by atoms with Crippen LogP contribution in [0.4, 0.5) is 4.39 Å². The SMILES string of the molecule is Cl.Cl.Fc1ccccc1CNCCCN1CCOCC1. The van der Waals surface area contributed by atoms with Crippen LogP contribution in [0.25, 0.3) is 0 Å². The van der Waals surface area contributed by atoms with Crippen molar-refractivity contribution >= 4 is 24.8 Å². The molecule has 3 nitrogen and oxygen atoms in total. The van der Waals surface area contributed by atoms with E-state index in [0.29, 0.717) is 6.54 Å². The molecule has 1 fully saturated rings. The van der Waals surface area contributed by atoms with Crippen molar-refractivity contribution in [2.24, 2.45) is 0 Å². The molecule has 1 saturated heterocycles. The largest absolute Gasteiger partial charge is 0.379 e. The van der Waals surface area contributed by atoms with Gasteiger partial charge in [0.05, 0.1) is 13.2 Å². The zero-order chi connectivity index (χ0) is 12.6. The summed E-state index contributed by atoms with van der Waals surface area (Å²) in [6, 6.07) is 6.92. The minimum atomic E-state index is -0.127. The van der Waals surface area contributed by atoms with Gasteiger partial charge in [-0.15, -0.1) is 24.8 Å². The van der Waals surface area contributed by atoms with Crippen LogP contribution in [-0.4, -0.2) is 44.3 Å². The molecule has 1 aliphatic rings. The zero-order valence-electron chi connectivity index (χ0n) is 11.5. The van der Waals surface area contributed by atoms with Crippen LogP contribution in [0.5, 0.6) is 0 Å². The Morgan fingerprint density at radius 2 is 1.85 bits per heavy atom. The summed E-state index contributed by atoms with van der Waals surface area (Å²) in [7, 11) is 0. The Balaban J connectivity index is 0.00000180. The molecule has 0 spiro atoms. The monoisotopic (exact) mass is 324 g/mol. The highest BCUT2D eigenvalue weighted by atomic mass is 35.5. The third-order valence-corrected chi connectivity index (χ3v) is 3.20. The van der Waals surface area contributed by atoms with Crippen LogP contribution < -0.4 is 5.32 Å². The molecular weight excluding hydrogens is 302 g/mol. The van der Waals surface area contributed by atoms with Crippen molar-refractivity contribution in [3.8, 4) is 0 Å². The van der Waals surface area contributed by atoms with E-state index in [1.165, 1.54) is 6.07 Å². The van der Waals surface area contributed by atoms with Crippen LogP contribution in [0, 0.1) is 5.82 Å². The zero-order valence-corrected chi connectivity index (χ0v) is 13.1. The Hall–Kier alpha value is -0.390. The fourth-order valence-electron chi connectivity index (χ4n) is 2.12. The molecule has 2 rings (SSSR count). The van der Waals surface area contributed by atoms with Crippen molar-refractivity contribution in [1.82, 2.24) is 10.2 Å². The van der Waals surface area contributed by atoms with Crippen molar-refractivity contribution in [2.45, 2.75) is 13.0 Å². The molecule has 0 radical (unpaired) electrons. The van der Waals surface area contributed by atoms with Gasteiger partial charge in [-0.1, -0.05) is 18.2 Å². The van der Waals surface area contributed by atoms with Crippen molar-refractivity contribution in [3.63, 3.8) is 0 Å². The Bertz CT molecular complexity index is 363. The second-order valence-corrected chi connectivity index (χ2v) is 4.58. The van der Waals surface area contributed by atoms with Gasteiger partial charge in [0.15, 0.2) is 0 Å². The number of morpholine rings is 1. The molecule has 116 valence electrons. The maximum Gasteiger partial charge on any atom is 0.127 e. The standard InChI is InChI=1S/C14H21FN2O.2ClH/c15-14-5-2-1-4-13(14)12-16-6-3-7-17-8-10-18-11-9-17;;/h1-2,4-5,16H,3,6-12H2;2*1H. The first kappa shape index (κ1) is 19.6. The summed E-state index contributed by atoms with van der Waals surface area (Å²) >= 11 is 0. The predicted octanol–water partition coefficient (Wildman–Crippen LogP) is 2.48. The van der Waals surface area contributed by atoms with Gasteiger partial charge in [0, 0.05) is 25.2 Å². The lowest BCUT2D eigenvalue weighted by atomic mass is 10.2. The maximum absolute atomic E-state index is 13.3. The Morgan fingerprint density at radius 3 is 2.55 bits per heavy atom. The van der Waals surface area contributed by atoms with Crippen LogP contribution >= 0.6 is 24.8 Å². The van der Waals surface area contributed by atoms with E-state index < -0.39 is 0 Å². The van der Waals surface area contributed by atoms with E-state index in [4.69, 9.17) is 4.74 Å². The van der Waals surface area contributed by atoms with Gasteiger partial charge >= 0.3 is 0 Å². The number of halogens is 3. The first-order valence-electron chi connectivity index (χ1n) is 6.60. The van der Waals surface area contributed by atoms with E-state index in [-0.39, 0.29) is 30.6 Å². The number of nitrogens with one attached hydrogen (secondary N) is 1. The van der Waals surface area contributed by atoms with Crippen molar-refractivity contribution in [2.75, 3.05) is 39.4 Å². The lowest BCUT2D eigenvalue weighted by molar-refractivity contribution is 0.0374. The third kappa shape index (κ3) is 6.86. The van der Waals surface area contributed by atoms with Gasteiger partial charge in [0.1, 0.15) is 5.82 Å². The van der Waals surface area contributed by atoms with Gasteiger partial charge in [-0.25, -0.2) is 4.39 Å². The lowest BCUT2D eigenvalue weighted by Crippen LogP contribution is -2.37. The third-order valence-electron chi connectivity index (χ3n) is 3.20. The number of benzene rings is 1. The highest BCUT2D eigenvalue weighted by Crippen LogP contribution is 2.05. The quantitative estimate of drug-likeness (QED) is 0.814. The lowest BCUT2D eigenvalue weighted by Gasteiger charge is -2.26. The predicted molar refractivity (Wildman–Crippen MR) is 84.5 cm³/mol. The van der Waals surface area contributed by atoms with E-state index in [9.17, 15) is 4.39 Å². The molecule has 1 N–H and O–H groups in total. The Labute approximate surface area is 132 Å². The second-order valence-electron chi connectivity index (χ2n) is 4.58. The number of rotatable bonds is 6. The first-order valence-corrected chi connectivity index (χ1v) is 6.60. The highest BCUT2D eigenvalue weighted by molar-refractivity contribution is 5.85. The van der Waals surface area contributed by atoms with Gasteiger partial charge in [-0.2, -0.15) is 0 Å². The molecule has 0 bridgehead atoms.